The molecule has 2 heterocycles. The van der Waals surface area contributed by atoms with Crippen molar-refractivity contribution >= 4 is 16.9 Å². The quantitative estimate of drug-likeness (QED) is 0.795. The second-order valence-corrected chi connectivity index (χ2v) is 6.12. The molecule has 0 radical (unpaired) electrons. The van der Waals surface area contributed by atoms with E-state index in [9.17, 15) is 14.0 Å². The molecule has 3 rings (SSSR count). The maximum absolute atomic E-state index is 13.1. The molecule has 1 N–H and O–H groups in total. The number of nitrogens with zero attached hydrogens (tertiary/aromatic N) is 2. The number of halogens is 1. The summed E-state index contributed by atoms with van der Waals surface area (Å²) >= 11 is 0. The molecule has 1 amide bonds. The Balaban J connectivity index is 2.14. The first-order valence-electron chi connectivity index (χ1n) is 7.99. The molecule has 0 aliphatic heterocycles. The minimum absolute atomic E-state index is 0.0660. The van der Waals surface area contributed by atoms with Crippen molar-refractivity contribution < 1.29 is 9.18 Å². The van der Waals surface area contributed by atoms with Crippen LogP contribution in [0.4, 0.5) is 4.39 Å². The van der Waals surface area contributed by atoms with E-state index in [0.29, 0.717) is 11.0 Å². The monoisotopic (exact) mass is 339 g/mol. The zero-order valence-corrected chi connectivity index (χ0v) is 14.0. The Hall–Kier alpha value is -3.02. The van der Waals surface area contributed by atoms with Gasteiger partial charge in [-0.1, -0.05) is 12.1 Å². The first-order chi connectivity index (χ1) is 12.0. The van der Waals surface area contributed by atoms with Gasteiger partial charge in [-0.2, -0.15) is 0 Å². The topological polar surface area (TPSA) is 64.0 Å². The third kappa shape index (κ3) is 3.57. The fourth-order valence-corrected chi connectivity index (χ4v) is 2.63. The van der Waals surface area contributed by atoms with Crippen LogP contribution in [0.25, 0.3) is 11.0 Å². The Morgan fingerprint density at radius 1 is 1.24 bits per heavy atom. The summed E-state index contributed by atoms with van der Waals surface area (Å²) in [7, 11) is 0. The van der Waals surface area contributed by atoms with Gasteiger partial charge >= 0.3 is 0 Å². The van der Waals surface area contributed by atoms with Crippen molar-refractivity contribution in [2.24, 2.45) is 0 Å². The van der Waals surface area contributed by atoms with Gasteiger partial charge in [0, 0.05) is 17.6 Å². The van der Waals surface area contributed by atoms with Gasteiger partial charge in [-0.05, 0) is 49.7 Å². The first-order valence-corrected chi connectivity index (χ1v) is 7.99. The molecule has 0 saturated carbocycles. The molecule has 0 aliphatic carbocycles. The molecular formula is C19H18FN3O2. The van der Waals surface area contributed by atoms with E-state index in [1.165, 1.54) is 16.7 Å². The van der Waals surface area contributed by atoms with Gasteiger partial charge in [-0.15, -0.1) is 0 Å². The van der Waals surface area contributed by atoms with E-state index < -0.39 is 11.5 Å². The summed E-state index contributed by atoms with van der Waals surface area (Å²) in [6, 6.07) is 10.9. The molecule has 5 nitrogen and oxygen atoms in total. The Labute approximate surface area is 144 Å². The van der Waals surface area contributed by atoms with Gasteiger partial charge in [0.05, 0.1) is 6.54 Å². The number of nitrogens with one attached hydrogen (secondary N) is 1. The Kier molecular flexibility index (Phi) is 4.61. The number of fused-ring (bicyclic) bond motifs is 1. The van der Waals surface area contributed by atoms with Gasteiger partial charge < -0.3 is 5.32 Å². The van der Waals surface area contributed by atoms with E-state index in [4.69, 9.17) is 0 Å². The van der Waals surface area contributed by atoms with Gasteiger partial charge in [0.25, 0.3) is 11.5 Å². The van der Waals surface area contributed by atoms with Crippen molar-refractivity contribution in [3.63, 3.8) is 0 Å². The molecule has 0 atom stereocenters. The molecule has 0 bridgehead atoms. The van der Waals surface area contributed by atoms with Crippen molar-refractivity contribution in [3.8, 4) is 0 Å². The number of rotatable bonds is 4. The molecule has 1 aromatic carbocycles. The second-order valence-electron chi connectivity index (χ2n) is 6.12. The predicted octanol–water partition coefficient (Wildman–Crippen LogP) is 2.72. The maximum Gasteiger partial charge on any atom is 0.265 e. The maximum atomic E-state index is 13.1. The number of amides is 1. The number of aromatic nitrogens is 2. The number of pyridine rings is 2. The highest BCUT2D eigenvalue weighted by molar-refractivity contribution is 5.97. The normalized spacial score (nSPS) is 11.0. The zero-order chi connectivity index (χ0) is 18.0. The van der Waals surface area contributed by atoms with Crippen molar-refractivity contribution in [1.82, 2.24) is 14.9 Å². The van der Waals surface area contributed by atoms with Crippen LogP contribution in [0, 0.1) is 5.82 Å². The summed E-state index contributed by atoms with van der Waals surface area (Å²) in [5.41, 5.74) is 0.875. The van der Waals surface area contributed by atoms with Gasteiger partial charge in [0.15, 0.2) is 0 Å². The van der Waals surface area contributed by atoms with E-state index in [1.807, 2.05) is 13.8 Å². The standard InChI is InChI=1S/C19H18FN3O2/c1-12(2)22-18(24)16-10-14-4-3-9-21-17(14)23(19(16)25)11-13-5-7-15(20)8-6-13/h3-10,12H,11H2,1-2H3,(H,22,24). The number of hydrogen-bond donors (Lipinski definition) is 1. The van der Waals surface area contributed by atoms with Crippen molar-refractivity contribution in [2.75, 3.05) is 0 Å². The molecule has 0 aliphatic rings. The van der Waals surface area contributed by atoms with E-state index >= 15 is 0 Å². The average molecular weight is 339 g/mol. The minimum atomic E-state index is -0.423. The lowest BCUT2D eigenvalue weighted by molar-refractivity contribution is 0.0941. The summed E-state index contributed by atoms with van der Waals surface area (Å²) < 4.78 is 14.6. The summed E-state index contributed by atoms with van der Waals surface area (Å²) in [4.78, 5) is 29.5. The predicted molar refractivity (Wildman–Crippen MR) is 94.1 cm³/mol. The molecule has 0 spiro atoms. The third-order valence-electron chi connectivity index (χ3n) is 3.77. The first kappa shape index (κ1) is 16.8. The molecular weight excluding hydrogens is 321 g/mol. The summed E-state index contributed by atoms with van der Waals surface area (Å²) in [6.45, 7) is 3.87. The molecule has 0 fully saturated rings. The fraction of sp³-hybridized carbons (Fsp3) is 0.211. The Morgan fingerprint density at radius 3 is 2.64 bits per heavy atom. The van der Waals surface area contributed by atoms with Crippen LogP contribution in [-0.4, -0.2) is 21.5 Å². The van der Waals surface area contributed by atoms with Gasteiger partial charge in [0.2, 0.25) is 0 Å². The van der Waals surface area contributed by atoms with E-state index in [-0.39, 0.29) is 24.0 Å². The van der Waals surface area contributed by atoms with Crippen LogP contribution in [-0.2, 0) is 6.54 Å². The lowest BCUT2D eigenvalue weighted by Gasteiger charge is -2.13. The number of hydrogen-bond acceptors (Lipinski definition) is 3. The van der Waals surface area contributed by atoms with Crippen LogP contribution >= 0.6 is 0 Å². The highest BCUT2D eigenvalue weighted by Crippen LogP contribution is 2.13. The van der Waals surface area contributed by atoms with E-state index in [2.05, 4.69) is 10.3 Å². The summed E-state index contributed by atoms with van der Waals surface area (Å²) in [6.07, 6.45) is 1.59. The van der Waals surface area contributed by atoms with E-state index in [1.54, 1.807) is 36.5 Å². The fourth-order valence-electron chi connectivity index (χ4n) is 2.63. The van der Waals surface area contributed by atoms with Crippen LogP contribution in [0.3, 0.4) is 0 Å². The van der Waals surface area contributed by atoms with Crippen LogP contribution in [0.2, 0.25) is 0 Å². The van der Waals surface area contributed by atoms with Gasteiger partial charge in [-0.3, -0.25) is 14.2 Å². The Morgan fingerprint density at radius 2 is 1.96 bits per heavy atom. The zero-order valence-electron chi connectivity index (χ0n) is 14.0. The molecule has 25 heavy (non-hydrogen) atoms. The lowest BCUT2D eigenvalue weighted by Crippen LogP contribution is -2.36. The second kappa shape index (κ2) is 6.84. The molecule has 6 heteroatoms. The van der Waals surface area contributed by atoms with Crippen LogP contribution in [0.5, 0.6) is 0 Å². The minimum Gasteiger partial charge on any atom is -0.350 e. The number of benzene rings is 1. The van der Waals surface area contributed by atoms with Crippen LogP contribution in [0.15, 0.2) is 53.5 Å². The Bertz CT molecular complexity index is 978. The van der Waals surface area contributed by atoms with Crippen LogP contribution < -0.4 is 10.9 Å². The van der Waals surface area contributed by atoms with Crippen LogP contribution in [0.1, 0.15) is 29.8 Å². The molecule has 3 aromatic rings. The van der Waals surface area contributed by atoms with E-state index in [0.717, 1.165) is 5.56 Å². The number of carbonyl (C=O) groups excluding carboxylic acids is 1. The average Bonchev–Trinajstić information content (AvgIpc) is 2.58. The van der Waals surface area contributed by atoms with Crippen molar-refractivity contribution in [1.29, 1.82) is 0 Å². The highest BCUT2D eigenvalue weighted by atomic mass is 19.1. The van der Waals surface area contributed by atoms with Crippen molar-refractivity contribution in [3.05, 3.63) is 76.0 Å². The lowest BCUT2D eigenvalue weighted by atomic mass is 10.1. The van der Waals surface area contributed by atoms with Gasteiger partial charge in [0.1, 0.15) is 17.0 Å². The highest BCUT2D eigenvalue weighted by Gasteiger charge is 2.17. The largest absolute Gasteiger partial charge is 0.350 e. The smallest absolute Gasteiger partial charge is 0.265 e. The molecule has 0 unspecified atom stereocenters. The summed E-state index contributed by atoms with van der Waals surface area (Å²) in [5, 5.41) is 3.43. The van der Waals surface area contributed by atoms with Gasteiger partial charge in [-0.25, -0.2) is 9.37 Å². The van der Waals surface area contributed by atoms with Crippen molar-refractivity contribution in [2.45, 2.75) is 26.4 Å². The molecule has 0 saturated heterocycles. The third-order valence-corrected chi connectivity index (χ3v) is 3.77. The molecule has 2 aromatic heterocycles. The SMILES string of the molecule is CC(C)NC(=O)c1cc2cccnc2n(Cc2ccc(F)cc2)c1=O. The number of carbonyl (C=O) groups is 1. The molecule has 128 valence electrons. The summed E-state index contributed by atoms with van der Waals surface area (Å²) in [5.74, 6) is -0.761.